The number of imidazole rings is 1. The Labute approximate surface area is 78.4 Å². The molecule has 1 rings (SSSR count). The van der Waals surface area contributed by atoms with Crippen LogP contribution in [0.25, 0.3) is 0 Å². The molecule has 0 saturated carbocycles. The highest BCUT2D eigenvalue weighted by Crippen LogP contribution is 1.99. The largest absolute Gasteiger partial charge is 0.393 e. The maximum absolute atomic E-state index is 9.00. The van der Waals surface area contributed by atoms with Gasteiger partial charge in [0, 0.05) is 12.2 Å². The third kappa shape index (κ3) is 3.57. The van der Waals surface area contributed by atoms with Gasteiger partial charge in [0.1, 0.15) is 0 Å². The molecule has 1 aromatic rings. The van der Waals surface area contributed by atoms with Crippen molar-refractivity contribution in [3.63, 3.8) is 0 Å². The Bertz CT molecular complexity index is 245. The fraction of sp³-hybridized carbons (Fsp3) is 0.667. The molecule has 74 valence electrons. The van der Waals surface area contributed by atoms with Crippen LogP contribution in [-0.2, 0) is 6.54 Å². The van der Waals surface area contributed by atoms with Gasteiger partial charge in [-0.3, -0.25) is 0 Å². The van der Waals surface area contributed by atoms with Gasteiger partial charge in [-0.05, 0) is 26.8 Å². The minimum absolute atomic E-state index is 0.229. The van der Waals surface area contributed by atoms with Gasteiger partial charge in [0.05, 0.1) is 18.1 Å². The molecule has 0 spiro atoms. The molecule has 0 fully saturated rings. The number of aliphatic hydroxyl groups excluding tert-OH is 1. The topological polar surface area (TPSA) is 60.9 Å². The van der Waals surface area contributed by atoms with Gasteiger partial charge in [-0.1, -0.05) is 0 Å². The molecule has 0 aliphatic carbocycles. The van der Waals surface area contributed by atoms with Crippen molar-refractivity contribution in [2.24, 2.45) is 0 Å². The smallest absolute Gasteiger partial charge is 0.0925 e. The lowest BCUT2D eigenvalue weighted by atomic mass is 10.3. The minimum atomic E-state index is -0.229. The van der Waals surface area contributed by atoms with Crippen molar-refractivity contribution >= 4 is 0 Å². The summed E-state index contributed by atoms with van der Waals surface area (Å²) in [5, 5.41) is 12.2. The average molecular weight is 183 g/mol. The van der Waals surface area contributed by atoms with Gasteiger partial charge in [-0.15, -0.1) is 0 Å². The summed E-state index contributed by atoms with van der Waals surface area (Å²) >= 11 is 0. The lowest BCUT2D eigenvalue weighted by molar-refractivity contribution is 0.183. The summed E-state index contributed by atoms with van der Waals surface area (Å²) in [6, 6.07) is 0. The van der Waals surface area contributed by atoms with E-state index in [1.54, 1.807) is 13.3 Å². The zero-order valence-corrected chi connectivity index (χ0v) is 8.17. The Morgan fingerprint density at radius 1 is 1.69 bits per heavy atom. The van der Waals surface area contributed by atoms with E-state index in [9.17, 15) is 0 Å². The predicted octanol–water partition coefficient (Wildman–Crippen LogP) is 0.579. The van der Waals surface area contributed by atoms with E-state index < -0.39 is 0 Å². The molecule has 13 heavy (non-hydrogen) atoms. The van der Waals surface area contributed by atoms with Crippen molar-refractivity contribution in [1.29, 1.82) is 0 Å². The minimum Gasteiger partial charge on any atom is -0.393 e. The molecule has 0 aliphatic rings. The summed E-state index contributed by atoms with van der Waals surface area (Å²) < 4.78 is 0. The van der Waals surface area contributed by atoms with Gasteiger partial charge in [0.2, 0.25) is 0 Å². The van der Waals surface area contributed by atoms with Crippen LogP contribution in [0.4, 0.5) is 0 Å². The molecule has 0 bridgehead atoms. The van der Waals surface area contributed by atoms with Crippen molar-refractivity contribution in [3.05, 3.63) is 17.7 Å². The maximum atomic E-state index is 9.00. The van der Waals surface area contributed by atoms with Crippen LogP contribution in [-0.4, -0.2) is 27.7 Å². The average Bonchev–Trinajstić information content (AvgIpc) is 2.45. The number of aromatic nitrogens is 2. The van der Waals surface area contributed by atoms with Crippen molar-refractivity contribution in [1.82, 2.24) is 15.3 Å². The summed E-state index contributed by atoms with van der Waals surface area (Å²) in [4.78, 5) is 7.17. The van der Waals surface area contributed by atoms with Crippen LogP contribution in [0.15, 0.2) is 6.33 Å². The lowest BCUT2D eigenvalue weighted by Crippen LogP contribution is -2.19. The highest BCUT2D eigenvalue weighted by atomic mass is 16.3. The summed E-state index contributed by atoms with van der Waals surface area (Å²) in [7, 11) is 0. The molecule has 0 aliphatic heterocycles. The van der Waals surface area contributed by atoms with Crippen LogP contribution in [0.5, 0.6) is 0 Å². The van der Waals surface area contributed by atoms with E-state index in [1.807, 2.05) is 6.92 Å². The van der Waals surface area contributed by atoms with Crippen LogP contribution < -0.4 is 5.32 Å². The van der Waals surface area contributed by atoms with Gasteiger partial charge in [0.15, 0.2) is 0 Å². The zero-order valence-electron chi connectivity index (χ0n) is 8.17. The molecule has 0 amide bonds. The maximum Gasteiger partial charge on any atom is 0.0925 e. The fourth-order valence-corrected chi connectivity index (χ4v) is 1.08. The van der Waals surface area contributed by atoms with E-state index >= 15 is 0 Å². The van der Waals surface area contributed by atoms with Crippen LogP contribution in [0, 0.1) is 6.92 Å². The number of hydrogen-bond acceptors (Lipinski definition) is 3. The van der Waals surface area contributed by atoms with E-state index in [2.05, 4.69) is 15.3 Å². The molecule has 1 heterocycles. The van der Waals surface area contributed by atoms with Crippen molar-refractivity contribution in [3.8, 4) is 0 Å². The normalized spacial score (nSPS) is 13.2. The van der Waals surface area contributed by atoms with E-state index in [-0.39, 0.29) is 6.10 Å². The van der Waals surface area contributed by atoms with Crippen LogP contribution in [0.1, 0.15) is 24.7 Å². The summed E-state index contributed by atoms with van der Waals surface area (Å²) in [6.45, 7) is 5.38. The fourth-order valence-electron chi connectivity index (χ4n) is 1.08. The summed E-state index contributed by atoms with van der Waals surface area (Å²) in [5.41, 5.74) is 2.15. The molecule has 4 heteroatoms. The lowest BCUT2D eigenvalue weighted by Gasteiger charge is -2.05. The molecule has 3 N–H and O–H groups in total. The molecule has 0 saturated heterocycles. The highest BCUT2D eigenvalue weighted by Gasteiger charge is 2.00. The molecular weight excluding hydrogens is 166 g/mol. The van der Waals surface area contributed by atoms with Crippen LogP contribution >= 0.6 is 0 Å². The quantitative estimate of drug-likeness (QED) is 0.585. The molecule has 1 aromatic heterocycles. The van der Waals surface area contributed by atoms with Crippen LogP contribution in [0.3, 0.4) is 0 Å². The van der Waals surface area contributed by atoms with E-state index in [4.69, 9.17) is 5.11 Å². The Morgan fingerprint density at radius 2 is 2.46 bits per heavy atom. The third-order valence-electron chi connectivity index (χ3n) is 1.97. The second kappa shape index (κ2) is 4.99. The first-order valence-corrected chi connectivity index (χ1v) is 4.57. The van der Waals surface area contributed by atoms with Crippen molar-refractivity contribution in [2.75, 3.05) is 6.54 Å². The first kappa shape index (κ1) is 10.2. The van der Waals surface area contributed by atoms with E-state index in [0.29, 0.717) is 0 Å². The second-order valence-corrected chi connectivity index (χ2v) is 3.29. The van der Waals surface area contributed by atoms with Gasteiger partial charge >= 0.3 is 0 Å². The molecule has 4 nitrogen and oxygen atoms in total. The second-order valence-electron chi connectivity index (χ2n) is 3.29. The van der Waals surface area contributed by atoms with E-state index in [0.717, 1.165) is 30.9 Å². The number of nitrogens with one attached hydrogen (secondary N) is 2. The van der Waals surface area contributed by atoms with Gasteiger partial charge in [-0.2, -0.15) is 0 Å². The SMILES string of the molecule is Cc1[nH]cnc1CNCCC(C)O. The Morgan fingerprint density at radius 3 is 3.00 bits per heavy atom. The molecule has 0 radical (unpaired) electrons. The number of nitrogens with zero attached hydrogens (tertiary/aromatic N) is 1. The van der Waals surface area contributed by atoms with Gasteiger partial charge in [-0.25, -0.2) is 4.98 Å². The number of H-pyrrole nitrogens is 1. The first-order chi connectivity index (χ1) is 6.20. The van der Waals surface area contributed by atoms with E-state index in [1.165, 1.54) is 0 Å². The number of rotatable bonds is 5. The molecular formula is C9H17N3O. The Kier molecular flexibility index (Phi) is 3.92. The molecule has 1 atom stereocenters. The predicted molar refractivity (Wildman–Crippen MR) is 51.3 cm³/mol. The van der Waals surface area contributed by atoms with Gasteiger partial charge < -0.3 is 15.4 Å². The standard InChI is InChI=1S/C9H17N3O/c1-7(13)3-4-10-5-9-8(2)11-6-12-9/h6-7,10,13H,3-5H2,1-2H3,(H,11,12). The number of aromatic amines is 1. The monoisotopic (exact) mass is 183 g/mol. The summed E-state index contributed by atoms with van der Waals surface area (Å²) in [5.74, 6) is 0. The third-order valence-corrected chi connectivity index (χ3v) is 1.97. The molecule has 0 aromatic carbocycles. The molecule has 1 unspecified atom stereocenters. The Balaban J connectivity index is 2.17. The number of hydrogen-bond donors (Lipinski definition) is 3. The zero-order chi connectivity index (χ0) is 9.68. The van der Waals surface area contributed by atoms with Gasteiger partial charge in [0.25, 0.3) is 0 Å². The van der Waals surface area contributed by atoms with Crippen molar-refractivity contribution in [2.45, 2.75) is 32.9 Å². The van der Waals surface area contributed by atoms with Crippen LogP contribution in [0.2, 0.25) is 0 Å². The van der Waals surface area contributed by atoms with Crippen molar-refractivity contribution < 1.29 is 5.11 Å². The Hall–Kier alpha value is -0.870. The number of aryl methyl sites for hydroxylation is 1. The first-order valence-electron chi connectivity index (χ1n) is 4.57. The summed E-state index contributed by atoms with van der Waals surface area (Å²) in [6.07, 6.45) is 2.25. The highest BCUT2D eigenvalue weighted by molar-refractivity contribution is 5.07. The number of aliphatic hydroxyl groups is 1.